The van der Waals surface area contributed by atoms with E-state index in [1.54, 1.807) is 27.7 Å². The van der Waals surface area contributed by atoms with Crippen molar-refractivity contribution in [1.82, 2.24) is 0 Å². The Labute approximate surface area is 282 Å². The lowest BCUT2D eigenvalue weighted by Crippen LogP contribution is -2.49. The van der Waals surface area contributed by atoms with Gasteiger partial charge < -0.3 is 39.7 Å². The summed E-state index contributed by atoms with van der Waals surface area (Å²) in [7, 11) is 1.31. The van der Waals surface area contributed by atoms with Crippen molar-refractivity contribution in [1.29, 1.82) is 0 Å². The quantitative estimate of drug-likeness (QED) is 0.195. The monoisotopic (exact) mass is 682 g/mol. The number of phenols is 2. The molecular weight excluding hydrogens is 640 g/mol. The molecular formula is C36H42O13. The summed E-state index contributed by atoms with van der Waals surface area (Å²) in [6.45, 7) is 5.80. The van der Waals surface area contributed by atoms with Crippen LogP contribution in [0.15, 0.2) is 18.2 Å². The SMILES string of the molecule is COc1cccc2c1C(=O)c1c(O)c3c(c(O)c1C2=O)CC(O)(C(=O)CO)CC3OC1CC(CC(=O)CCC(=O)C(C)(C)C)C(O)C(C)O1. The Morgan fingerprint density at radius 3 is 2.33 bits per heavy atom. The highest BCUT2D eigenvalue weighted by molar-refractivity contribution is 6.31. The zero-order valence-corrected chi connectivity index (χ0v) is 28.1. The molecule has 1 heterocycles. The van der Waals surface area contributed by atoms with Gasteiger partial charge in [0.25, 0.3) is 0 Å². The molecule has 0 aromatic heterocycles. The van der Waals surface area contributed by atoms with E-state index in [0.29, 0.717) is 0 Å². The number of aliphatic hydroxyl groups is 3. The van der Waals surface area contributed by atoms with Gasteiger partial charge in [0.15, 0.2) is 17.9 Å². The lowest BCUT2D eigenvalue weighted by atomic mass is 9.72. The molecule has 13 heteroatoms. The van der Waals surface area contributed by atoms with Crippen LogP contribution in [0, 0.1) is 11.3 Å². The van der Waals surface area contributed by atoms with Gasteiger partial charge in [-0.3, -0.25) is 24.0 Å². The highest BCUT2D eigenvalue weighted by Gasteiger charge is 2.50. The van der Waals surface area contributed by atoms with E-state index in [1.165, 1.54) is 25.3 Å². The van der Waals surface area contributed by atoms with Crippen LogP contribution in [0.2, 0.25) is 0 Å². The van der Waals surface area contributed by atoms with Gasteiger partial charge >= 0.3 is 0 Å². The molecule has 0 saturated carbocycles. The van der Waals surface area contributed by atoms with Crippen LogP contribution in [0.3, 0.4) is 0 Å². The van der Waals surface area contributed by atoms with Crippen molar-refractivity contribution in [2.75, 3.05) is 13.7 Å². The van der Waals surface area contributed by atoms with Crippen LogP contribution in [0.1, 0.15) is 109 Å². The van der Waals surface area contributed by atoms with Gasteiger partial charge in [0.1, 0.15) is 41.0 Å². The van der Waals surface area contributed by atoms with Gasteiger partial charge in [-0.2, -0.15) is 0 Å². The number of hydrogen-bond acceptors (Lipinski definition) is 13. The van der Waals surface area contributed by atoms with Crippen LogP contribution in [0.4, 0.5) is 0 Å². The molecule has 13 nitrogen and oxygen atoms in total. The second kappa shape index (κ2) is 13.4. The zero-order valence-electron chi connectivity index (χ0n) is 28.1. The van der Waals surface area contributed by atoms with Crippen molar-refractivity contribution < 1.29 is 63.7 Å². The molecule has 5 rings (SSSR count). The number of carbonyl (C=O) groups excluding carboxylic acids is 5. The van der Waals surface area contributed by atoms with Crippen molar-refractivity contribution in [2.45, 2.75) is 96.4 Å². The third kappa shape index (κ3) is 6.53. The van der Waals surface area contributed by atoms with Crippen LogP contribution < -0.4 is 4.74 Å². The summed E-state index contributed by atoms with van der Waals surface area (Å²) in [6, 6.07) is 4.32. The molecule has 264 valence electrons. The fourth-order valence-electron chi connectivity index (χ4n) is 7.04. The minimum Gasteiger partial charge on any atom is -0.507 e. The number of rotatable bonds is 10. The lowest BCUT2D eigenvalue weighted by molar-refractivity contribution is -0.257. The predicted octanol–water partition coefficient (Wildman–Crippen LogP) is 2.64. The lowest BCUT2D eigenvalue weighted by Gasteiger charge is -2.42. The molecule has 2 aromatic carbocycles. The summed E-state index contributed by atoms with van der Waals surface area (Å²) in [5.74, 6) is -4.98. The minimum absolute atomic E-state index is 0.00862. The highest BCUT2D eigenvalue weighted by Crippen LogP contribution is 2.52. The van der Waals surface area contributed by atoms with Gasteiger partial charge in [0.2, 0.25) is 5.78 Å². The predicted molar refractivity (Wildman–Crippen MR) is 171 cm³/mol. The van der Waals surface area contributed by atoms with Crippen LogP contribution in [0.25, 0.3) is 0 Å². The van der Waals surface area contributed by atoms with Gasteiger partial charge in [0, 0.05) is 60.6 Å². The molecule has 6 atom stereocenters. The Bertz CT molecular complexity index is 1720. The fraction of sp³-hybridized carbons (Fsp3) is 0.528. The van der Waals surface area contributed by atoms with Gasteiger partial charge in [0.05, 0.1) is 42.1 Å². The van der Waals surface area contributed by atoms with Gasteiger partial charge in [-0.25, -0.2) is 0 Å². The number of benzene rings is 2. The molecule has 0 amide bonds. The number of carbonyl (C=O) groups is 5. The number of aromatic hydroxyl groups is 2. The van der Waals surface area contributed by atoms with E-state index >= 15 is 0 Å². The highest BCUT2D eigenvalue weighted by atomic mass is 16.7. The molecule has 2 aliphatic carbocycles. The normalized spacial score (nSPS) is 26.4. The molecule has 0 spiro atoms. The Morgan fingerprint density at radius 1 is 1.02 bits per heavy atom. The largest absolute Gasteiger partial charge is 0.507 e. The van der Waals surface area contributed by atoms with E-state index in [1.807, 2.05) is 0 Å². The Balaban J connectivity index is 1.51. The third-order valence-electron chi connectivity index (χ3n) is 9.84. The van der Waals surface area contributed by atoms with E-state index in [-0.39, 0.29) is 65.3 Å². The molecule has 1 aliphatic heterocycles. The van der Waals surface area contributed by atoms with Crippen molar-refractivity contribution in [3.63, 3.8) is 0 Å². The smallest absolute Gasteiger partial charge is 0.202 e. The summed E-state index contributed by atoms with van der Waals surface area (Å²) in [6.07, 6.45) is -5.76. The minimum atomic E-state index is -2.32. The number of methoxy groups -OCH3 is 1. The number of aliphatic hydroxyl groups excluding tert-OH is 2. The van der Waals surface area contributed by atoms with E-state index in [2.05, 4.69) is 0 Å². The first-order chi connectivity index (χ1) is 22.9. The summed E-state index contributed by atoms with van der Waals surface area (Å²) in [5, 5.41) is 55.3. The summed E-state index contributed by atoms with van der Waals surface area (Å²) in [4.78, 5) is 65.6. The van der Waals surface area contributed by atoms with Gasteiger partial charge in [-0.05, 0) is 18.9 Å². The Morgan fingerprint density at radius 2 is 1.69 bits per heavy atom. The summed E-state index contributed by atoms with van der Waals surface area (Å²) < 4.78 is 17.4. The van der Waals surface area contributed by atoms with Crippen LogP contribution in [0.5, 0.6) is 17.2 Å². The molecule has 2 aromatic rings. The standard InChI is InChI=1S/C36H42O13/c1-16-30(41)17(11-18(38)9-10-23(39)35(2,3)4)12-25(48-16)49-22-14-36(46,24(40)15-37)13-20-27(22)34(45)29-28(32(20)43)31(42)19-7-6-8-21(47-5)26(19)33(29)44/h6-8,16-17,22,25,30,37,41,43,45-46H,9-15H2,1-5H3. The summed E-state index contributed by atoms with van der Waals surface area (Å²) in [5.41, 5.74) is -4.54. The molecule has 5 N–H and O–H groups in total. The second-order valence-electron chi connectivity index (χ2n) is 14.2. The van der Waals surface area contributed by atoms with Crippen LogP contribution in [-0.2, 0) is 30.3 Å². The van der Waals surface area contributed by atoms with E-state index in [0.717, 1.165) is 0 Å². The number of Topliss-reactive ketones (excluding diaryl/α,β-unsaturated/α-hetero) is 3. The van der Waals surface area contributed by atoms with Crippen molar-refractivity contribution in [3.8, 4) is 17.2 Å². The maximum atomic E-state index is 13.9. The molecule has 0 radical (unpaired) electrons. The number of ether oxygens (including phenoxy) is 3. The summed E-state index contributed by atoms with van der Waals surface area (Å²) >= 11 is 0. The van der Waals surface area contributed by atoms with Crippen molar-refractivity contribution in [3.05, 3.63) is 51.6 Å². The Hall–Kier alpha value is -4.01. The molecule has 6 unspecified atom stereocenters. The third-order valence-corrected chi connectivity index (χ3v) is 9.84. The fourth-order valence-corrected chi connectivity index (χ4v) is 7.04. The van der Waals surface area contributed by atoms with E-state index in [9.17, 15) is 49.5 Å². The first-order valence-corrected chi connectivity index (χ1v) is 16.2. The number of hydrogen-bond donors (Lipinski definition) is 5. The van der Waals surface area contributed by atoms with Crippen molar-refractivity contribution >= 4 is 28.9 Å². The average Bonchev–Trinajstić information content (AvgIpc) is 3.04. The molecule has 49 heavy (non-hydrogen) atoms. The van der Waals surface area contributed by atoms with Crippen molar-refractivity contribution in [2.24, 2.45) is 11.3 Å². The molecule has 1 saturated heterocycles. The molecule has 3 aliphatic rings. The number of phenolic OH excluding ortho intramolecular Hbond substituents is 2. The average molecular weight is 683 g/mol. The Kier molecular flexibility index (Phi) is 9.90. The van der Waals surface area contributed by atoms with Gasteiger partial charge in [-0.15, -0.1) is 0 Å². The second-order valence-corrected chi connectivity index (χ2v) is 14.2. The van der Waals surface area contributed by atoms with Crippen LogP contribution in [-0.4, -0.2) is 92.3 Å². The van der Waals surface area contributed by atoms with E-state index < -0.39 is 101 Å². The first-order valence-electron chi connectivity index (χ1n) is 16.2. The van der Waals surface area contributed by atoms with Gasteiger partial charge in [-0.1, -0.05) is 32.9 Å². The maximum Gasteiger partial charge on any atom is 0.202 e. The maximum absolute atomic E-state index is 13.9. The number of fused-ring (bicyclic) bond motifs is 3. The topological polar surface area (TPSA) is 214 Å². The molecule has 1 fully saturated rings. The first kappa shape index (κ1) is 36.3. The van der Waals surface area contributed by atoms with E-state index in [4.69, 9.17) is 14.2 Å². The number of ketones is 5. The zero-order chi connectivity index (χ0) is 36.2. The van der Waals surface area contributed by atoms with Crippen LogP contribution >= 0.6 is 0 Å². The molecule has 0 bridgehead atoms.